The zero-order chi connectivity index (χ0) is 26.2. The minimum Gasteiger partial charge on any atom is -0.491 e. The molecule has 0 bridgehead atoms. The zero-order valence-electron chi connectivity index (χ0n) is 22.1. The Hall–Kier alpha value is -2.69. The largest absolute Gasteiger partial charge is 0.491 e. The first-order valence-electron chi connectivity index (χ1n) is 12.7. The highest BCUT2D eigenvalue weighted by atomic mass is 16.5. The molecular weight excluding hydrogens is 464 g/mol. The number of anilines is 1. The predicted molar refractivity (Wildman–Crippen MR) is 136 cm³/mol. The molecule has 0 spiro atoms. The van der Waals surface area contributed by atoms with Crippen LogP contribution in [0.15, 0.2) is 18.2 Å². The number of ether oxygens (including phenoxy) is 3. The number of hydrogen-bond donors (Lipinski definition) is 1. The van der Waals surface area contributed by atoms with E-state index in [0.717, 1.165) is 13.1 Å². The molecule has 3 amide bonds. The minimum absolute atomic E-state index is 0.0181. The molecule has 0 saturated carbocycles. The van der Waals surface area contributed by atoms with Gasteiger partial charge in [-0.05, 0) is 25.1 Å². The SMILES string of the molecule is CCC(=O)Nc1ccc2c(c1)C(=O)N(C)C[C@H](OC)[C@@H](C)CN(C(=O)CN1CCOCC1)[C@@H](C)CO2. The van der Waals surface area contributed by atoms with E-state index in [1.807, 2.05) is 18.7 Å². The van der Waals surface area contributed by atoms with Gasteiger partial charge in [-0.2, -0.15) is 0 Å². The van der Waals surface area contributed by atoms with E-state index in [4.69, 9.17) is 14.2 Å². The number of hydrogen-bond acceptors (Lipinski definition) is 7. The molecule has 200 valence electrons. The Labute approximate surface area is 213 Å². The Balaban J connectivity index is 1.89. The first-order valence-corrected chi connectivity index (χ1v) is 12.7. The number of morpholine rings is 1. The van der Waals surface area contributed by atoms with Crippen LogP contribution in [-0.2, 0) is 19.1 Å². The fourth-order valence-corrected chi connectivity index (χ4v) is 4.49. The molecule has 10 heteroatoms. The average Bonchev–Trinajstić information content (AvgIpc) is 2.88. The van der Waals surface area contributed by atoms with Gasteiger partial charge in [0.25, 0.3) is 5.91 Å². The van der Waals surface area contributed by atoms with Crippen molar-refractivity contribution in [3.05, 3.63) is 23.8 Å². The minimum atomic E-state index is -0.267. The van der Waals surface area contributed by atoms with Crippen molar-refractivity contribution < 1.29 is 28.6 Å². The Morgan fingerprint density at radius 2 is 1.89 bits per heavy atom. The van der Waals surface area contributed by atoms with Crippen molar-refractivity contribution in [3.63, 3.8) is 0 Å². The number of carbonyl (C=O) groups is 3. The van der Waals surface area contributed by atoms with E-state index in [0.29, 0.717) is 56.3 Å². The van der Waals surface area contributed by atoms with E-state index >= 15 is 0 Å². The van der Waals surface area contributed by atoms with Crippen molar-refractivity contribution in [2.45, 2.75) is 39.3 Å². The van der Waals surface area contributed by atoms with E-state index < -0.39 is 0 Å². The van der Waals surface area contributed by atoms with Crippen LogP contribution in [0.1, 0.15) is 37.6 Å². The second-order valence-corrected chi connectivity index (χ2v) is 9.64. The fraction of sp³-hybridized carbons (Fsp3) is 0.654. The molecule has 0 aliphatic carbocycles. The van der Waals surface area contributed by atoms with Crippen molar-refractivity contribution in [2.75, 3.05) is 72.0 Å². The number of fused-ring (bicyclic) bond motifs is 1. The second kappa shape index (κ2) is 13.0. The van der Waals surface area contributed by atoms with Crippen LogP contribution in [0, 0.1) is 5.92 Å². The van der Waals surface area contributed by atoms with Crippen molar-refractivity contribution >= 4 is 23.4 Å². The molecule has 1 aromatic rings. The number of likely N-dealkylation sites (N-methyl/N-ethyl adjacent to an activating group) is 1. The van der Waals surface area contributed by atoms with Gasteiger partial charge in [0.05, 0.1) is 37.5 Å². The molecule has 1 fully saturated rings. The molecule has 10 nitrogen and oxygen atoms in total. The molecule has 1 aromatic carbocycles. The summed E-state index contributed by atoms with van der Waals surface area (Å²) in [4.78, 5) is 44.3. The highest BCUT2D eigenvalue weighted by molar-refractivity contribution is 5.99. The summed E-state index contributed by atoms with van der Waals surface area (Å²) in [6, 6.07) is 4.84. The van der Waals surface area contributed by atoms with E-state index in [2.05, 4.69) is 10.2 Å². The van der Waals surface area contributed by atoms with E-state index in [1.54, 1.807) is 44.2 Å². The highest BCUT2D eigenvalue weighted by Crippen LogP contribution is 2.26. The topological polar surface area (TPSA) is 101 Å². The zero-order valence-corrected chi connectivity index (χ0v) is 22.1. The lowest BCUT2D eigenvalue weighted by molar-refractivity contribution is -0.137. The summed E-state index contributed by atoms with van der Waals surface area (Å²) < 4.78 is 17.3. The number of nitrogens with one attached hydrogen (secondary N) is 1. The first kappa shape index (κ1) is 27.9. The quantitative estimate of drug-likeness (QED) is 0.651. The van der Waals surface area contributed by atoms with Crippen LogP contribution in [0.2, 0.25) is 0 Å². The van der Waals surface area contributed by atoms with Gasteiger partial charge in [0, 0.05) is 58.4 Å². The van der Waals surface area contributed by atoms with Crippen LogP contribution in [0.25, 0.3) is 0 Å². The number of carbonyl (C=O) groups excluding carboxylic acids is 3. The molecule has 2 heterocycles. The lowest BCUT2D eigenvalue weighted by Crippen LogP contribution is -2.52. The Morgan fingerprint density at radius 1 is 1.17 bits per heavy atom. The van der Waals surface area contributed by atoms with Crippen molar-refractivity contribution in [1.29, 1.82) is 0 Å². The number of benzene rings is 1. The molecule has 1 N–H and O–H groups in total. The summed E-state index contributed by atoms with van der Waals surface area (Å²) in [5, 5.41) is 2.80. The lowest BCUT2D eigenvalue weighted by Gasteiger charge is -2.37. The van der Waals surface area contributed by atoms with E-state index in [-0.39, 0.29) is 42.4 Å². The summed E-state index contributed by atoms with van der Waals surface area (Å²) in [5.74, 6) is 0.0716. The average molecular weight is 505 g/mol. The molecule has 0 aromatic heterocycles. The van der Waals surface area contributed by atoms with Gasteiger partial charge in [-0.25, -0.2) is 0 Å². The molecular formula is C26H40N4O6. The van der Waals surface area contributed by atoms with Crippen molar-refractivity contribution in [1.82, 2.24) is 14.7 Å². The van der Waals surface area contributed by atoms with Crippen LogP contribution < -0.4 is 10.1 Å². The lowest BCUT2D eigenvalue weighted by atomic mass is 10.0. The maximum Gasteiger partial charge on any atom is 0.257 e. The standard InChI is InChI=1S/C26H40N4O6/c1-6-24(31)27-20-7-8-22-21(13-20)26(33)28(4)15-23(34-5)18(2)14-30(19(3)17-36-22)25(32)16-29-9-11-35-12-10-29/h7-8,13,18-19,23H,6,9-12,14-17H2,1-5H3,(H,27,31)/t18-,19-,23-/m0/s1. The van der Waals surface area contributed by atoms with Crippen LogP contribution in [0.5, 0.6) is 5.75 Å². The highest BCUT2D eigenvalue weighted by Gasteiger charge is 2.31. The maximum absolute atomic E-state index is 13.4. The smallest absolute Gasteiger partial charge is 0.257 e. The van der Waals surface area contributed by atoms with E-state index in [1.165, 1.54) is 0 Å². The molecule has 0 radical (unpaired) electrons. The van der Waals surface area contributed by atoms with Crippen LogP contribution >= 0.6 is 0 Å². The Bertz CT molecular complexity index is 920. The van der Waals surface area contributed by atoms with Crippen LogP contribution in [-0.4, -0.2) is 111 Å². The summed E-state index contributed by atoms with van der Waals surface area (Å²) in [5.41, 5.74) is 0.887. The number of nitrogens with zero attached hydrogens (tertiary/aromatic N) is 3. The normalized spacial score (nSPS) is 24.2. The maximum atomic E-state index is 13.4. The molecule has 36 heavy (non-hydrogen) atoms. The van der Waals surface area contributed by atoms with Crippen LogP contribution in [0.3, 0.4) is 0 Å². The summed E-state index contributed by atoms with van der Waals surface area (Å²) in [6.07, 6.45) is 0.0670. The number of amides is 3. The van der Waals surface area contributed by atoms with Gasteiger partial charge in [0.1, 0.15) is 12.4 Å². The molecule has 0 unspecified atom stereocenters. The van der Waals surface area contributed by atoms with Gasteiger partial charge in [0.15, 0.2) is 0 Å². The van der Waals surface area contributed by atoms with Crippen molar-refractivity contribution in [3.8, 4) is 5.75 Å². The summed E-state index contributed by atoms with van der Waals surface area (Å²) in [6.45, 7) is 9.88. The van der Waals surface area contributed by atoms with Gasteiger partial charge >= 0.3 is 0 Å². The summed E-state index contributed by atoms with van der Waals surface area (Å²) in [7, 11) is 3.35. The van der Waals surface area contributed by atoms with Crippen molar-refractivity contribution in [2.24, 2.45) is 5.92 Å². The second-order valence-electron chi connectivity index (χ2n) is 9.64. The van der Waals surface area contributed by atoms with E-state index in [9.17, 15) is 14.4 Å². The first-order chi connectivity index (χ1) is 17.2. The molecule has 2 aliphatic rings. The molecule has 2 aliphatic heterocycles. The summed E-state index contributed by atoms with van der Waals surface area (Å²) >= 11 is 0. The third kappa shape index (κ3) is 7.18. The Kier molecular flexibility index (Phi) is 10.1. The van der Waals surface area contributed by atoms with Gasteiger partial charge < -0.3 is 29.3 Å². The third-order valence-electron chi connectivity index (χ3n) is 6.83. The number of methoxy groups -OCH3 is 1. The molecule has 3 rings (SSSR count). The predicted octanol–water partition coefficient (Wildman–Crippen LogP) is 1.70. The Morgan fingerprint density at radius 3 is 2.56 bits per heavy atom. The third-order valence-corrected chi connectivity index (χ3v) is 6.83. The van der Waals surface area contributed by atoms with Crippen LogP contribution in [0.4, 0.5) is 5.69 Å². The molecule has 3 atom stereocenters. The van der Waals surface area contributed by atoms with Gasteiger partial charge in [-0.15, -0.1) is 0 Å². The molecule has 1 saturated heterocycles. The van der Waals surface area contributed by atoms with Gasteiger partial charge in [-0.3, -0.25) is 19.3 Å². The fourth-order valence-electron chi connectivity index (χ4n) is 4.49. The number of rotatable bonds is 5. The van der Waals surface area contributed by atoms with Gasteiger partial charge in [-0.1, -0.05) is 13.8 Å². The monoisotopic (exact) mass is 504 g/mol. The van der Waals surface area contributed by atoms with Gasteiger partial charge in [0.2, 0.25) is 11.8 Å².